The maximum absolute atomic E-state index is 14.6. The van der Waals surface area contributed by atoms with Gasteiger partial charge in [0.15, 0.2) is 0 Å². The number of rotatable bonds is 25. The molecule has 2 atom stereocenters. The van der Waals surface area contributed by atoms with E-state index in [1.54, 1.807) is 11.3 Å². The van der Waals surface area contributed by atoms with Crippen molar-refractivity contribution >= 4 is 89.2 Å². The molecule has 10 rings (SSSR count). The van der Waals surface area contributed by atoms with E-state index in [1.165, 1.54) is 112 Å². The molecule has 9 aromatic rings. The van der Waals surface area contributed by atoms with Gasteiger partial charge < -0.3 is 8.83 Å². The first-order chi connectivity index (χ1) is 36.1. The van der Waals surface area contributed by atoms with Crippen molar-refractivity contribution in [1.82, 2.24) is 4.90 Å². The maximum atomic E-state index is 14.6. The minimum atomic E-state index is -0.418. The Hall–Kier alpha value is -5.06. The van der Waals surface area contributed by atoms with Crippen LogP contribution in [0.1, 0.15) is 179 Å². The van der Waals surface area contributed by atoms with Crippen LogP contribution in [0.4, 0.5) is 0 Å². The van der Waals surface area contributed by atoms with E-state index in [0.717, 1.165) is 102 Å². The summed E-state index contributed by atoms with van der Waals surface area (Å²) in [7, 11) is 0. The largest absolute Gasteiger partial charge is 0.459 e. The number of fused-ring (bicyclic) bond motifs is 5. The lowest BCUT2D eigenvalue weighted by Crippen LogP contribution is -2.30. The Kier molecular flexibility index (Phi) is 16.3. The SMILES string of the molecule is CCCCCCCCN1C(=O)c2sc3c(-c4cc5c(-c6ccc(CC(CC)CCCC)s6)c6oc(C(C)(C)c7ccccc7)cc6c(-c6ccc(CC(CC)CCCC)s6)c5o4)sc(-c4ccccc4)c3c2C1=O. The topological polar surface area (TPSA) is 63.7 Å². The quantitative estimate of drug-likeness (QED) is 0.0423. The van der Waals surface area contributed by atoms with Gasteiger partial charge in [-0.25, -0.2) is 0 Å². The summed E-state index contributed by atoms with van der Waals surface area (Å²) in [6.07, 6.45) is 18.4. The monoisotopic (exact) mass is 1060 g/mol. The average molecular weight is 1060 g/mol. The Labute approximate surface area is 455 Å². The standard InChI is InChI=1S/C65H73NO4S4/c1-8-13-16-17-18-25-36-66-63(67)56-55-59(43-28-21-19-22-29-43)73-60(61(55)74-62(56)64(66)68)49-39-47-53(50-34-32-45(71-50)37-41(11-4)26-14-9-2)58-48(40-52(70-58)65(6,7)44-30-23-20-24-31-44)54(57(47)69-49)51-35-33-46(72-51)38-42(12-5)27-15-10-3/h19-24,28-35,39-42H,8-18,25-27,36-38H2,1-7H3. The summed E-state index contributed by atoms with van der Waals surface area (Å²) in [5, 5.41) is 2.94. The van der Waals surface area contributed by atoms with Gasteiger partial charge in [0, 0.05) is 63.6 Å². The van der Waals surface area contributed by atoms with Crippen molar-refractivity contribution in [2.24, 2.45) is 11.8 Å². The van der Waals surface area contributed by atoms with Crippen molar-refractivity contribution in [3.05, 3.63) is 129 Å². The fraction of sp³-hybridized carbons (Fsp3) is 0.415. The second-order valence-electron chi connectivity index (χ2n) is 21.4. The van der Waals surface area contributed by atoms with Crippen molar-refractivity contribution < 1.29 is 18.4 Å². The summed E-state index contributed by atoms with van der Waals surface area (Å²) in [5.74, 6) is 2.60. The molecule has 0 bridgehead atoms. The van der Waals surface area contributed by atoms with Crippen LogP contribution in [0.15, 0.2) is 106 Å². The van der Waals surface area contributed by atoms with E-state index < -0.39 is 5.41 Å². The second kappa shape index (κ2) is 23.0. The molecular weight excluding hydrogens is 987 g/mol. The highest BCUT2D eigenvalue weighted by Crippen LogP contribution is 2.56. The zero-order valence-electron chi connectivity index (χ0n) is 44.6. The Morgan fingerprint density at radius 1 is 0.541 bits per heavy atom. The number of imide groups is 1. The molecule has 2 unspecified atom stereocenters. The van der Waals surface area contributed by atoms with Gasteiger partial charge in [-0.3, -0.25) is 14.5 Å². The van der Waals surface area contributed by atoms with Crippen LogP contribution in [0.3, 0.4) is 0 Å². The number of hydrogen-bond donors (Lipinski definition) is 0. The van der Waals surface area contributed by atoms with E-state index in [0.29, 0.717) is 28.8 Å². The van der Waals surface area contributed by atoms with Crippen LogP contribution in [-0.4, -0.2) is 23.3 Å². The van der Waals surface area contributed by atoms with Crippen molar-refractivity contribution in [3.8, 4) is 42.0 Å². The molecule has 0 spiro atoms. The van der Waals surface area contributed by atoms with E-state index in [1.807, 2.05) is 28.7 Å². The smallest absolute Gasteiger partial charge is 0.271 e. The number of thiophene rings is 4. The van der Waals surface area contributed by atoms with Crippen molar-refractivity contribution in [2.75, 3.05) is 6.54 Å². The van der Waals surface area contributed by atoms with Crippen molar-refractivity contribution in [1.29, 1.82) is 0 Å². The molecule has 0 fully saturated rings. The van der Waals surface area contributed by atoms with Crippen LogP contribution >= 0.6 is 45.3 Å². The minimum Gasteiger partial charge on any atom is -0.459 e. The number of furan rings is 2. The first-order valence-corrected chi connectivity index (χ1v) is 31.1. The van der Waals surface area contributed by atoms with E-state index in [9.17, 15) is 9.59 Å². The lowest BCUT2D eigenvalue weighted by molar-refractivity contribution is 0.0653. The highest BCUT2D eigenvalue weighted by atomic mass is 32.1. The van der Waals surface area contributed by atoms with Gasteiger partial charge in [0.1, 0.15) is 27.6 Å². The normalized spacial score (nSPS) is 13.9. The molecule has 1 aliphatic heterocycles. The summed E-state index contributed by atoms with van der Waals surface area (Å²) in [5.41, 5.74) is 6.20. The highest BCUT2D eigenvalue weighted by Gasteiger charge is 2.42. The van der Waals surface area contributed by atoms with Gasteiger partial charge in [-0.1, -0.05) is 179 Å². The molecule has 7 heterocycles. The van der Waals surface area contributed by atoms with Crippen LogP contribution in [0.25, 0.3) is 74.0 Å². The summed E-state index contributed by atoms with van der Waals surface area (Å²) in [6, 6.07) is 35.0. The Balaban J connectivity index is 1.19. The van der Waals surface area contributed by atoms with Crippen LogP contribution < -0.4 is 0 Å². The first kappa shape index (κ1) is 52.4. The van der Waals surface area contributed by atoms with Gasteiger partial charge in [-0.15, -0.1) is 45.3 Å². The van der Waals surface area contributed by atoms with E-state index in [-0.39, 0.29) is 11.8 Å². The predicted molar refractivity (Wildman–Crippen MR) is 318 cm³/mol. The zero-order chi connectivity index (χ0) is 51.5. The lowest BCUT2D eigenvalue weighted by Gasteiger charge is -2.22. The van der Waals surface area contributed by atoms with Crippen LogP contribution in [0.2, 0.25) is 0 Å². The molecule has 2 amide bonds. The number of nitrogens with zero attached hydrogens (tertiary/aromatic N) is 1. The van der Waals surface area contributed by atoms with Crippen LogP contribution in [-0.2, 0) is 18.3 Å². The Morgan fingerprint density at radius 3 is 1.72 bits per heavy atom. The molecule has 0 N–H and O–H groups in total. The molecule has 74 heavy (non-hydrogen) atoms. The number of unbranched alkanes of at least 4 members (excludes halogenated alkanes) is 7. The third-order valence-corrected chi connectivity index (χ3v) is 20.7. The van der Waals surface area contributed by atoms with Crippen LogP contribution in [0.5, 0.6) is 0 Å². The van der Waals surface area contributed by atoms with Gasteiger partial charge in [0.2, 0.25) is 0 Å². The third-order valence-electron chi connectivity index (χ3n) is 15.9. The molecule has 0 radical (unpaired) electrons. The van der Waals surface area contributed by atoms with Gasteiger partial charge in [-0.05, 0) is 92.5 Å². The predicted octanol–water partition coefficient (Wildman–Crippen LogP) is 21.0. The van der Waals surface area contributed by atoms with E-state index >= 15 is 0 Å². The molecule has 9 heteroatoms. The molecule has 1 aliphatic rings. The molecule has 0 saturated carbocycles. The Morgan fingerprint density at radius 2 is 1.11 bits per heavy atom. The summed E-state index contributed by atoms with van der Waals surface area (Å²) < 4.78 is 15.9. The number of carbonyl (C=O) groups is 2. The first-order valence-electron chi connectivity index (χ1n) is 27.9. The van der Waals surface area contributed by atoms with E-state index in [4.69, 9.17) is 8.83 Å². The average Bonchev–Trinajstić information content (AvgIpc) is 4.32. The highest BCUT2D eigenvalue weighted by molar-refractivity contribution is 7.30. The summed E-state index contributed by atoms with van der Waals surface area (Å²) in [6.45, 7) is 16.5. The molecule has 386 valence electrons. The second-order valence-corrected chi connectivity index (χ2v) is 25.8. The molecule has 3 aromatic carbocycles. The lowest BCUT2D eigenvalue weighted by atomic mass is 9.82. The number of amides is 2. The third kappa shape index (κ3) is 10.2. The van der Waals surface area contributed by atoms with Gasteiger partial charge in [-0.2, -0.15) is 0 Å². The van der Waals surface area contributed by atoms with E-state index in [2.05, 4.69) is 139 Å². The van der Waals surface area contributed by atoms with Crippen molar-refractivity contribution in [2.45, 2.75) is 157 Å². The molecule has 5 nitrogen and oxygen atoms in total. The molecular formula is C65H73NO4S4. The number of carbonyl (C=O) groups excluding carboxylic acids is 2. The van der Waals surface area contributed by atoms with Gasteiger partial charge in [0.05, 0.1) is 15.1 Å². The maximum Gasteiger partial charge on any atom is 0.271 e. The minimum absolute atomic E-state index is 0.166. The fourth-order valence-corrected chi connectivity index (χ4v) is 16.3. The zero-order valence-corrected chi connectivity index (χ0v) is 47.9. The summed E-state index contributed by atoms with van der Waals surface area (Å²) >= 11 is 6.91. The fourth-order valence-electron chi connectivity index (χ4n) is 11.3. The number of benzene rings is 3. The van der Waals surface area contributed by atoms with Gasteiger partial charge >= 0.3 is 0 Å². The van der Waals surface area contributed by atoms with Crippen molar-refractivity contribution in [3.63, 3.8) is 0 Å². The summed E-state index contributed by atoms with van der Waals surface area (Å²) in [4.78, 5) is 38.0. The Bertz CT molecular complexity index is 3260. The molecule has 0 aliphatic carbocycles. The van der Waals surface area contributed by atoms with Crippen LogP contribution in [0, 0.1) is 11.8 Å². The number of hydrogen-bond acceptors (Lipinski definition) is 8. The van der Waals surface area contributed by atoms with Gasteiger partial charge in [0.25, 0.3) is 11.8 Å². The molecule has 0 saturated heterocycles. The molecule has 6 aromatic heterocycles.